The van der Waals surface area contributed by atoms with E-state index >= 15 is 0 Å². The van der Waals surface area contributed by atoms with Gasteiger partial charge in [0.1, 0.15) is 5.69 Å². The van der Waals surface area contributed by atoms with Crippen LogP contribution in [0.2, 0.25) is 0 Å². The molecule has 0 spiro atoms. The Morgan fingerprint density at radius 3 is 2.56 bits per heavy atom. The Morgan fingerprint density at radius 2 is 1.89 bits per heavy atom. The Hall–Kier alpha value is -2.63. The SMILES string of the molecule is CNC(=O)c1cc(C(=O)NC2CCCCC2)n(C(C)c2cccc(C)c2)n1. The molecule has 144 valence electrons. The number of nitrogens with zero attached hydrogens (tertiary/aromatic N) is 2. The summed E-state index contributed by atoms with van der Waals surface area (Å²) in [5, 5.41) is 10.2. The van der Waals surface area contributed by atoms with E-state index in [9.17, 15) is 9.59 Å². The van der Waals surface area contributed by atoms with E-state index in [1.807, 2.05) is 32.0 Å². The van der Waals surface area contributed by atoms with Crippen molar-refractivity contribution in [2.75, 3.05) is 7.05 Å². The van der Waals surface area contributed by atoms with E-state index in [0.717, 1.165) is 36.8 Å². The first kappa shape index (κ1) is 19.1. The van der Waals surface area contributed by atoms with E-state index in [1.165, 1.54) is 6.42 Å². The molecule has 2 amide bonds. The molecule has 3 rings (SSSR count). The smallest absolute Gasteiger partial charge is 0.271 e. The quantitative estimate of drug-likeness (QED) is 0.851. The second kappa shape index (κ2) is 8.37. The van der Waals surface area contributed by atoms with Gasteiger partial charge < -0.3 is 10.6 Å². The maximum absolute atomic E-state index is 13.0. The minimum atomic E-state index is -0.295. The van der Waals surface area contributed by atoms with E-state index in [2.05, 4.69) is 21.8 Å². The van der Waals surface area contributed by atoms with Crippen molar-refractivity contribution in [2.45, 2.75) is 58.0 Å². The van der Waals surface area contributed by atoms with Crippen LogP contribution in [0.15, 0.2) is 30.3 Å². The minimum Gasteiger partial charge on any atom is -0.354 e. The number of nitrogens with one attached hydrogen (secondary N) is 2. The van der Waals surface area contributed by atoms with Gasteiger partial charge >= 0.3 is 0 Å². The molecule has 6 heteroatoms. The largest absolute Gasteiger partial charge is 0.354 e. The average Bonchev–Trinajstić information content (AvgIpc) is 3.13. The fourth-order valence-electron chi connectivity index (χ4n) is 3.68. The maximum atomic E-state index is 13.0. The molecule has 1 aliphatic rings. The molecular formula is C21H28N4O2. The number of carbonyl (C=O) groups is 2. The van der Waals surface area contributed by atoms with Crippen LogP contribution in [0, 0.1) is 6.92 Å². The molecule has 0 bridgehead atoms. The van der Waals surface area contributed by atoms with Crippen LogP contribution in [0.4, 0.5) is 0 Å². The maximum Gasteiger partial charge on any atom is 0.271 e. The third-order valence-corrected chi connectivity index (χ3v) is 5.26. The highest BCUT2D eigenvalue weighted by Crippen LogP contribution is 2.22. The van der Waals surface area contributed by atoms with Crippen molar-refractivity contribution in [3.63, 3.8) is 0 Å². The first-order chi connectivity index (χ1) is 13.0. The molecular weight excluding hydrogens is 340 g/mol. The van der Waals surface area contributed by atoms with Crippen LogP contribution >= 0.6 is 0 Å². The summed E-state index contributed by atoms with van der Waals surface area (Å²) in [5.74, 6) is -0.457. The van der Waals surface area contributed by atoms with Gasteiger partial charge in [-0.1, -0.05) is 49.1 Å². The highest BCUT2D eigenvalue weighted by atomic mass is 16.2. The topological polar surface area (TPSA) is 76.0 Å². The molecule has 1 aromatic carbocycles. The predicted octanol–water partition coefficient (Wildman–Crippen LogP) is 3.22. The van der Waals surface area contributed by atoms with Gasteiger partial charge in [-0.15, -0.1) is 0 Å². The van der Waals surface area contributed by atoms with Crippen molar-refractivity contribution in [1.29, 1.82) is 0 Å². The molecule has 1 fully saturated rings. The Kier molecular flexibility index (Phi) is 5.94. The monoisotopic (exact) mass is 368 g/mol. The lowest BCUT2D eigenvalue weighted by Crippen LogP contribution is -2.37. The Morgan fingerprint density at radius 1 is 1.15 bits per heavy atom. The van der Waals surface area contributed by atoms with Gasteiger partial charge in [-0.05, 0) is 32.3 Å². The van der Waals surface area contributed by atoms with Crippen LogP contribution in [0.5, 0.6) is 0 Å². The standard InChI is InChI=1S/C21H28N4O2/c1-14-8-7-9-16(12-14)15(2)25-19(13-18(24-25)20(26)22-3)21(27)23-17-10-5-4-6-11-17/h7-9,12-13,15,17H,4-6,10-11H2,1-3H3,(H,22,26)(H,23,27). The lowest BCUT2D eigenvalue weighted by Gasteiger charge is -2.23. The lowest BCUT2D eigenvalue weighted by molar-refractivity contribution is 0.0914. The van der Waals surface area contributed by atoms with Crippen molar-refractivity contribution < 1.29 is 9.59 Å². The van der Waals surface area contributed by atoms with Gasteiger partial charge in [0.2, 0.25) is 0 Å². The first-order valence-electron chi connectivity index (χ1n) is 9.68. The first-order valence-corrected chi connectivity index (χ1v) is 9.68. The highest BCUT2D eigenvalue weighted by Gasteiger charge is 2.25. The molecule has 6 nitrogen and oxygen atoms in total. The Balaban J connectivity index is 1.92. The van der Waals surface area contributed by atoms with Crippen LogP contribution < -0.4 is 10.6 Å². The van der Waals surface area contributed by atoms with Crippen LogP contribution in [-0.2, 0) is 0 Å². The zero-order chi connectivity index (χ0) is 19.4. The van der Waals surface area contributed by atoms with E-state index in [4.69, 9.17) is 0 Å². The van der Waals surface area contributed by atoms with Crippen LogP contribution in [-0.4, -0.2) is 34.7 Å². The summed E-state index contributed by atoms with van der Waals surface area (Å²) in [6, 6.07) is 9.75. The van der Waals surface area contributed by atoms with Crippen LogP contribution in [0.1, 0.15) is 77.2 Å². The van der Waals surface area contributed by atoms with Crippen LogP contribution in [0.3, 0.4) is 0 Å². The minimum absolute atomic E-state index is 0.157. The zero-order valence-electron chi connectivity index (χ0n) is 16.3. The van der Waals surface area contributed by atoms with E-state index < -0.39 is 0 Å². The third kappa shape index (κ3) is 4.38. The fourth-order valence-corrected chi connectivity index (χ4v) is 3.68. The van der Waals surface area contributed by atoms with Gasteiger partial charge in [0.05, 0.1) is 6.04 Å². The van der Waals surface area contributed by atoms with Crippen molar-refractivity contribution in [2.24, 2.45) is 0 Å². The van der Waals surface area contributed by atoms with Gasteiger partial charge in [-0.25, -0.2) is 0 Å². The molecule has 27 heavy (non-hydrogen) atoms. The summed E-state index contributed by atoms with van der Waals surface area (Å²) in [7, 11) is 1.56. The van der Waals surface area contributed by atoms with E-state index in [1.54, 1.807) is 17.8 Å². The summed E-state index contributed by atoms with van der Waals surface area (Å²) in [6.45, 7) is 4.03. The van der Waals surface area contributed by atoms with Gasteiger partial charge in [-0.2, -0.15) is 5.10 Å². The van der Waals surface area contributed by atoms with Gasteiger partial charge in [-0.3, -0.25) is 14.3 Å². The number of rotatable bonds is 5. The predicted molar refractivity (Wildman–Crippen MR) is 105 cm³/mol. The van der Waals surface area contributed by atoms with Gasteiger partial charge in [0.25, 0.3) is 11.8 Å². The Bertz CT molecular complexity index is 821. The van der Waals surface area contributed by atoms with E-state index in [-0.39, 0.29) is 29.6 Å². The molecule has 2 aromatic rings. The van der Waals surface area contributed by atoms with Crippen molar-refractivity contribution in [3.05, 3.63) is 52.8 Å². The number of benzene rings is 1. The molecule has 1 atom stereocenters. The molecule has 1 aromatic heterocycles. The summed E-state index contributed by atoms with van der Waals surface area (Å²) < 4.78 is 1.66. The number of carbonyl (C=O) groups excluding carboxylic acids is 2. The summed E-state index contributed by atoms with van der Waals surface area (Å²) in [6.07, 6.45) is 5.54. The normalized spacial score (nSPS) is 16.0. The summed E-state index contributed by atoms with van der Waals surface area (Å²) >= 11 is 0. The van der Waals surface area contributed by atoms with E-state index in [0.29, 0.717) is 5.69 Å². The molecule has 2 N–H and O–H groups in total. The fraction of sp³-hybridized carbons (Fsp3) is 0.476. The van der Waals surface area contributed by atoms with Crippen molar-refractivity contribution >= 4 is 11.8 Å². The highest BCUT2D eigenvalue weighted by molar-refractivity contribution is 5.98. The molecule has 1 unspecified atom stereocenters. The molecule has 1 aliphatic carbocycles. The molecule has 0 saturated heterocycles. The second-order valence-corrected chi connectivity index (χ2v) is 7.34. The molecule has 1 saturated carbocycles. The molecule has 0 aliphatic heterocycles. The molecule has 0 radical (unpaired) electrons. The zero-order valence-corrected chi connectivity index (χ0v) is 16.3. The number of hydrogen-bond donors (Lipinski definition) is 2. The Labute approximate surface area is 160 Å². The number of amides is 2. The number of aromatic nitrogens is 2. The van der Waals surface area contributed by atoms with Gasteiger partial charge in [0.15, 0.2) is 5.69 Å². The summed E-state index contributed by atoms with van der Waals surface area (Å²) in [5.41, 5.74) is 2.87. The summed E-state index contributed by atoms with van der Waals surface area (Å²) in [4.78, 5) is 25.0. The lowest BCUT2D eigenvalue weighted by atomic mass is 9.95. The third-order valence-electron chi connectivity index (χ3n) is 5.26. The number of aryl methyl sites for hydroxylation is 1. The van der Waals surface area contributed by atoms with Crippen molar-refractivity contribution in [3.8, 4) is 0 Å². The second-order valence-electron chi connectivity index (χ2n) is 7.34. The number of hydrogen-bond acceptors (Lipinski definition) is 3. The average molecular weight is 368 g/mol. The van der Waals surface area contributed by atoms with Crippen molar-refractivity contribution in [1.82, 2.24) is 20.4 Å². The van der Waals surface area contributed by atoms with Gasteiger partial charge in [0, 0.05) is 19.2 Å². The van der Waals surface area contributed by atoms with Crippen LogP contribution in [0.25, 0.3) is 0 Å². The molecule has 1 heterocycles.